The van der Waals surface area contributed by atoms with Crippen LogP contribution in [-0.4, -0.2) is 37.0 Å². The first-order chi connectivity index (χ1) is 11.9. The number of hydrazone groups is 1. The van der Waals surface area contributed by atoms with Crippen LogP contribution in [-0.2, 0) is 21.8 Å². The van der Waals surface area contributed by atoms with Crippen molar-refractivity contribution in [3.8, 4) is 6.07 Å². The lowest BCUT2D eigenvalue weighted by Gasteiger charge is -2.03. The standard InChI is InChI=1S/C15H15N5O4S/c1-3-24-15(21)13-10-20(2)18-14(13)25(22,23)19-17-9-12-6-4-11(8-16)5-7-12/h4-7,9-10,19H,3H2,1-2H3. The number of nitriles is 1. The van der Waals surface area contributed by atoms with Crippen molar-refractivity contribution in [2.24, 2.45) is 12.1 Å². The Morgan fingerprint density at radius 1 is 1.44 bits per heavy atom. The molecule has 1 heterocycles. The van der Waals surface area contributed by atoms with Crippen molar-refractivity contribution < 1.29 is 17.9 Å². The number of hydrogen-bond donors (Lipinski definition) is 1. The van der Waals surface area contributed by atoms with E-state index < -0.39 is 21.0 Å². The predicted octanol–water partition coefficient (Wildman–Crippen LogP) is 0.781. The first kappa shape index (κ1) is 18.2. The van der Waals surface area contributed by atoms with Crippen LogP contribution in [0, 0.1) is 11.3 Å². The number of nitrogens with one attached hydrogen (secondary N) is 1. The summed E-state index contributed by atoms with van der Waals surface area (Å²) in [5, 5.41) is 15.7. The smallest absolute Gasteiger partial charge is 0.342 e. The van der Waals surface area contributed by atoms with Gasteiger partial charge in [-0.05, 0) is 24.6 Å². The Labute approximate surface area is 144 Å². The van der Waals surface area contributed by atoms with E-state index in [2.05, 4.69) is 10.2 Å². The number of sulfonamides is 1. The predicted molar refractivity (Wildman–Crippen MR) is 88.2 cm³/mol. The molecule has 2 rings (SSSR count). The number of carbonyl (C=O) groups excluding carboxylic acids is 1. The Hall–Kier alpha value is -3.19. The molecule has 0 aliphatic rings. The number of nitrogens with zero attached hydrogens (tertiary/aromatic N) is 4. The zero-order valence-electron chi connectivity index (χ0n) is 13.5. The molecule has 0 saturated carbocycles. The van der Waals surface area contributed by atoms with Crippen LogP contribution in [0.4, 0.5) is 0 Å². The van der Waals surface area contributed by atoms with Gasteiger partial charge in [0.05, 0.1) is 24.5 Å². The summed E-state index contributed by atoms with van der Waals surface area (Å²) in [6, 6.07) is 8.35. The fraction of sp³-hybridized carbons (Fsp3) is 0.200. The maximum atomic E-state index is 12.3. The number of rotatable bonds is 6. The van der Waals surface area contributed by atoms with E-state index >= 15 is 0 Å². The first-order valence-corrected chi connectivity index (χ1v) is 8.61. The average molecular weight is 361 g/mol. The molecule has 0 spiro atoms. The highest BCUT2D eigenvalue weighted by Crippen LogP contribution is 2.14. The fourth-order valence-corrected chi connectivity index (χ4v) is 2.81. The second-order valence-corrected chi connectivity index (χ2v) is 6.40. The largest absolute Gasteiger partial charge is 0.462 e. The molecule has 25 heavy (non-hydrogen) atoms. The molecular weight excluding hydrogens is 346 g/mol. The van der Waals surface area contributed by atoms with Crippen LogP contribution in [0.1, 0.15) is 28.4 Å². The van der Waals surface area contributed by atoms with Gasteiger partial charge >= 0.3 is 5.97 Å². The second-order valence-electron chi connectivity index (χ2n) is 4.83. The summed E-state index contributed by atoms with van der Waals surface area (Å²) in [4.78, 5) is 13.8. The topological polar surface area (TPSA) is 126 Å². The van der Waals surface area contributed by atoms with E-state index in [0.29, 0.717) is 11.1 Å². The SMILES string of the molecule is CCOC(=O)c1cn(C)nc1S(=O)(=O)NN=Cc1ccc(C#N)cc1. The molecule has 1 aromatic heterocycles. The minimum absolute atomic E-state index is 0.109. The van der Waals surface area contributed by atoms with Crippen LogP contribution in [0.15, 0.2) is 40.6 Å². The Morgan fingerprint density at radius 2 is 2.12 bits per heavy atom. The highest BCUT2D eigenvalue weighted by atomic mass is 32.2. The third-order valence-corrected chi connectivity index (χ3v) is 4.13. The summed E-state index contributed by atoms with van der Waals surface area (Å²) in [5.74, 6) is -0.785. The molecule has 0 saturated heterocycles. The molecule has 0 radical (unpaired) electrons. The van der Waals surface area contributed by atoms with Crippen molar-refractivity contribution in [1.82, 2.24) is 14.6 Å². The summed E-state index contributed by atoms with van der Waals surface area (Å²) < 4.78 is 30.7. The molecule has 1 N–H and O–H groups in total. The van der Waals surface area contributed by atoms with E-state index in [1.54, 1.807) is 31.2 Å². The minimum Gasteiger partial charge on any atom is -0.462 e. The van der Waals surface area contributed by atoms with Crippen molar-refractivity contribution >= 4 is 22.2 Å². The van der Waals surface area contributed by atoms with Crippen LogP contribution in [0.5, 0.6) is 0 Å². The van der Waals surface area contributed by atoms with Gasteiger partial charge in [0.2, 0.25) is 5.03 Å². The highest BCUT2D eigenvalue weighted by molar-refractivity contribution is 7.89. The number of carbonyl (C=O) groups is 1. The van der Waals surface area contributed by atoms with Gasteiger partial charge in [-0.15, -0.1) is 0 Å². The monoisotopic (exact) mass is 361 g/mol. The quantitative estimate of drug-likeness (QED) is 0.460. The second kappa shape index (κ2) is 7.59. The average Bonchev–Trinajstić information content (AvgIpc) is 2.98. The molecule has 0 atom stereocenters. The third-order valence-electron chi connectivity index (χ3n) is 2.97. The highest BCUT2D eigenvalue weighted by Gasteiger charge is 2.27. The number of aryl methyl sites for hydroxylation is 1. The lowest BCUT2D eigenvalue weighted by molar-refractivity contribution is 0.0521. The minimum atomic E-state index is -4.15. The van der Waals surface area contributed by atoms with Crippen molar-refractivity contribution in [2.45, 2.75) is 11.9 Å². The zero-order chi connectivity index (χ0) is 18.4. The van der Waals surface area contributed by atoms with Gasteiger partial charge in [-0.3, -0.25) is 4.68 Å². The molecule has 130 valence electrons. The molecule has 0 aliphatic carbocycles. The summed E-state index contributed by atoms with van der Waals surface area (Å²) in [6.45, 7) is 1.72. The normalized spacial score (nSPS) is 11.2. The van der Waals surface area contributed by atoms with Gasteiger partial charge < -0.3 is 4.74 Å². The number of benzene rings is 1. The maximum absolute atomic E-state index is 12.3. The molecule has 0 amide bonds. The van der Waals surface area contributed by atoms with Crippen molar-refractivity contribution in [2.75, 3.05) is 6.61 Å². The van der Waals surface area contributed by atoms with Crippen LogP contribution in [0.2, 0.25) is 0 Å². The lowest BCUT2D eigenvalue weighted by atomic mass is 10.2. The summed E-state index contributed by atoms with van der Waals surface area (Å²) in [7, 11) is -2.66. The number of esters is 1. The van der Waals surface area contributed by atoms with E-state index in [0.717, 1.165) is 0 Å². The Morgan fingerprint density at radius 3 is 2.72 bits per heavy atom. The van der Waals surface area contributed by atoms with Gasteiger partial charge in [-0.1, -0.05) is 12.1 Å². The molecule has 0 bridgehead atoms. The van der Waals surface area contributed by atoms with E-state index in [1.165, 1.54) is 24.1 Å². The molecule has 10 heteroatoms. The molecule has 0 fully saturated rings. The summed E-state index contributed by atoms with van der Waals surface area (Å²) >= 11 is 0. The van der Waals surface area contributed by atoms with Crippen LogP contribution in [0.3, 0.4) is 0 Å². The molecule has 9 nitrogen and oxygen atoms in total. The van der Waals surface area contributed by atoms with E-state index in [4.69, 9.17) is 10.00 Å². The van der Waals surface area contributed by atoms with Gasteiger partial charge in [0.25, 0.3) is 10.0 Å². The fourth-order valence-electron chi connectivity index (χ4n) is 1.87. The van der Waals surface area contributed by atoms with E-state index in [9.17, 15) is 13.2 Å². The molecule has 2 aromatic rings. The lowest BCUT2D eigenvalue weighted by Crippen LogP contribution is -2.22. The molecule has 1 aromatic carbocycles. The van der Waals surface area contributed by atoms with Crippen LogP contribution >= 0.6 is 0 Å². The third kappa shape index (κ3) is 4.42. The summed E-state index contributed by atoms with van der Waals surface area (Å²) in [5.41, 5.74) is 0.893. The Kier molecular flexibility index (Phi) is 5.51. The van der Waals surface area contributed by atoms with Gasteiger partial charge in [-0.2, -0.15) is 28.7 Å². The summed E-state index contributed by atoms with van der Waals surface area (Å²) in [6.07, 6.45) is 2.53. The van der Waals surface area contributed by atoms with Gasteiger partial charge in [0.1, 0.15) is 5.56 Å². The zero-order valence-corrected chi connectivity index (χ0v) is 14.3. The van der Waals surface area contributed by atoms with Gasteiger partial charge in [-0.25, -0.2) is 4.79 Å². The first-order valence-electron chi connectivity index (χ1n) is 7.13. The number of aromatic nitrogens is 2. The number of ether oxygens (including phenoxy) is 1. The van der Waals surface area contributed by atoms with E-state index in [-0.39, 0.29) is 12.2 Å². The van der Waals surface area contributed by atoms with E-state index in [1.807, 2.05) is 10.9 Å². The van der Waals surface area contributed by atoms with Crippen LogP contribution < -0.4 is 4.83 Å². The number of hydrogen-bond acceptors (Lipinski definition) is 7. The Balaban J connectivity index is 2.20. The molecular formula is C15H15N5O4S. The van der Waals surface area contributed by atoms with Crippen molar-refractivity contribution in [3.05, 3.63) is 47.2 Å². The molecule has 0 aliphatic heterocycles. The van der Waals surface area contributed by atoms with Crippen molar-refractivity contribution in [1.29, 1.82) is 5.26 Å². The Bertz CT molecular complexity index is 939. The van der Waals surface area contributed by atoms with Crippen molar-refractivity contribution in [3.63, 3.8) is 0 Å². The van der Waals surface area contributed by atoms with Gasteiger partial charge in [0.15, 0.2) is 0 Å². The van der Waals surface area contributed by atoms with Crippen LogP contribution in [0.25, 0.3) is 0 Å². The molecule has 0 unspecified atom stereocenters. The van der Waals surface area contributed by atoms with Gasteiger partial charge in [0, 0.05) is 13.2 Å². The maximum Gasteiger partial charge on any atom is 0.342 e.